The largest absolute Gasteiger partial charge is 0.366 e. The number of nitrogens with two attached hydrogens (primary N) is 2. The maximum Gasteiger partial charge on any atom is 0.253 e. The Labute approximate surface area is 241 Å². The molecule has 0 radical (unpaired) electrons. The van der Waals surface area contributed by atoms with Crippen molar-refractivity contribution in [3.05, 3.63) is 0 Å². The van der Waals surface area contributed by atoms with Crippen LogP contribution >= 0.6 is 0 Å². The van der Waals surface area contributed by atoms with E-state index in [0.717, 1.165) is 19.4 Å². The molecule has 2 amide bonds. The molecule has 1 aliphatic carbocycles. The zero-order valence-electron chi connectivity index (χ0n) is 24.4. The highest BCUT2D eigenvalue weighted by atomic mass is 19.1. The lowest BCUT2D eigenvalue weighted by Crippen LogP contribution is -2.68. The van der Waals surface area contributed by atoms with Crippen LogP contribution in [0.4, 0.5) is 8.78 Å². The normalized spacial score (nSPS) is 41.6. The molecule has 5 aliphatic rings. The van der Waals surface area contributed by atoms with Gasteiger partial charge in [0.2, 0.25) is 5.91 Å². The van der Waals surface area contributed by atoms with Crippen molar-refractivity contribution >= 4 is 18.0 Å². The standard InChI is InChI=1S/C28H48F2N8O3/c1-3-28-11-19(35-12-17(29)10-27(28,2)16-28)22(24(31)32)25(39)36-20-14-34-13-18(30)23(20)37-5-7-38(8-6-37)26(40)21-15-33-4-9-41-21/h12,17-24,33-34H,3-11,13-16,31-32H2,1-2H3,(H,36,39)/b35-12-. The van der Waals surface area contributed by atoms with Gasteiger partial charge in [-0.15, -0.1) is 0 Å². The first kappa shape index (κ1) is 30.7. The first-order chi connectivity index (χ1) is 19.6. The van der Waals surface area contributed by atoms with Gasteiger partial charge in [0.05, 0.1) is 36.8 Å². The van der Waals surface area contributed by atoms with E-state index in [0.29, 0.717) is 58.7 Å². The van der Waals surface area contributed by atoms with E-state index < -0.39 is 48.7 Å². The highest BCUT2D eigenvalue weighted by molar-refractivity contribution is 5.82. The summed E-state index contributed by atoms with van der Waals surface area (Å²) < 4.78 is 35.8. The summed E-state index contributed by atoms with van der Waals surface area (Å²) in [6, 6.07) is -1.65. The molecule has 1 saturated carbocycles. The lowest BCUT2D eigenvalue weighted by molar-refractivity contribution is -0.147. The van der Waals surface area contributed by atoms with Crippen LogP contribution in [0.1, 0.15) is 39.5 Å². The molecule has 9 atom stereocenters. The Morgan fingerprint density at radius 1 is 1.15 bits per heavy atom. The highest BCUT2D eigenvalue weighted by Crippen LogP contribution is 2.71. The molecule has 0 aromatic heterocycles. The minimum absolute atomic E-state index is 0.0459. The Morgan fingerprint density at radius 3 is 2.56 bits per heavy atom. The smallest absolute Gasteiger partial charge is 0.253 e. The van der Waals surface area contributed by atoms with Crippen LogP contribution in [0.25, 0.3) is 0 Å². The number of hydrogen-bond donors (Lipinski definition) is 5. The molecule has 0 aromatic carbocycles. The van der Waals surface area contributed by atoms with Crippen LogP contribution in [0.3, 0.4) is 0 Å². The first-order valence-electron chi connectivity index (χ1n) is 15.3. The van der Waals surface area contributed by atoms with E-state index >= 15 is 4.39 Å². The SMILES string of the molecule is CCC12CC(C(C(=O)NC3CNCC(F)C3N3CCN(C(=O)C4CNCCO4)CC3)C(N)N)/N=C\C(F)CC1(C)C2. The Bertz CT molecular complexity index is 976. The Morgan fingerprint density at radius 2 is 1.90 bits per heavy atom. The van der Waals surface area contributed by atoms with Gasteiger partial charge in [-0.05, 0) is 36.5 Å². The number of piperidine rings is 1. The third-order valence-electron chi connectivity index (χ3n) is 10.4. The summed E-state index contributed by atoms with van der Waals surface area (Å²) in [5.41, 5.74) is 12.1. The zero-order valence-corrected chi connectivity index (χ0v) is 24.4. The molecular weight excluding hydrogens is 534 g/mol. The van der Waals surface area contributed by atoms with Crippen molar-refractivity contribution in [1.29, 1.82) is 0 Å². The van der Waals surface area contributed by atoms with Crippen LogP contribution in [-0.4, -0.2) is 130 Å². The third-order valence-corrected chi connectivity index (χ3v) is 10.4. The minimum atomic E-state index is -1.21. The molecule has 0 aromatic rings. The number of fused-ring (bicyclic) bond motifs is 1. The van der Waals surface area contributed by atoms with Gasteiger partial charge < -0.3 is 37.1 Å². The summed E-state index contributed by atoms with van der Waals surface area (Å²) in [7, 11) is 0. The third kappa shape index (κ3) is 6.30. The fourth-order valence-corrected chi connectivity index (χ4v) is 7.91. The number of amides is 2. The topological polar surface area (TPSA) is 150 Å². The number of hydrogen-bond acceptors (Lipinski definition) is 9. The van der Waals surface area contributed by atoms with Crippen LogP contribution in [0, 0.1) is 16.7 Å². The van der Waals surface area contributed by atoms with Gasteiger partial charge in [0.1, 0.15) is 18.4 Å². The molecule has 4 heterocycles. The van der Waals surface area contributed by atoms with Crippen molar-refractivity contribution in [3.8, 4) is 0 Å². The summed E-state index contributed by atoms with van der Waals surface area (Å²) >= 11 is 0. The van der Waals surface area contributed by atoms with Gasteiger partial charge in [-0.1, -0.05) is 13.8 Å². The van der Waals surface area contributed by atoms with Gasteiger partial charge in [-0.25, -0.2) is 8.78 Å². The number of aliphatic imine (C=N–C) groups is 1. The average molecular weight is 583 g/mol. The Balaban J connectivity index is 1.25. The summed E-state index contributed by atoms with van der Waals surface area (Å²) in [6.45, 7) is 8.43. The van der Waals surface area contributed by atoms with Crippen molar-refractivity contribution < 1.29 is 23.1 Å². The highest BCUT2D eigenvalue weighted by Gasteiger charge is 2.64. The van der Waals surface area contributed by atoms with Gasteiger partial charge in [0, 0.05) is 58.6 Å². The minimum Gasteiger partial charge on any atom is -0.366 e. The van der Waals surface area contributed by atoms with E-state index in [-0.39, 0.29) is 29.2 Å². The number of halogens is 2. The number of nitrogens with zero attached hydrogens (tertiary/aromatic N) is 3. The van der Waals surface area contributed by atoms with E-state index in [2.05, 4.69) is 34.8 Å². The molecule has 3 saturated heterocycles. The van der Waals surface area contributed by atoms with Crippen LogP contribution in [0.5, 0.6) is 0 Å². The van der Waals surface area contributed by atoms with Crippen molar-refractivity contribution in [2.24, 2.45) is 33.2 Å². The lowest BCUT2D eigenvalue weighted by atomic mass is 9.78. The van der Waals surface area contributed by atoms with Gasteiger partial charge >= 0.3 is 0 Å². The fraction of sp³-hybridized carbons (Fsp3) is 0.893. The maximum absolute atomic E-state index is 15.5. The number of ether oxygens (including phenoxy) is 1. The first-order valence-corrected chi connectivity index (χ1v) is 15.3. The Kier molecular flexibility index (Phi) is 9.32. The van der Waals surface area contributed by atoms with Crippen molar-refractivity contribution in [1.82, 2.24) is 25.8 Å². The maximum atomic E-state index is 15.5. The van der Waals surface area contributed by atoms with E-state index in [1.165, 1.54) is 6.21 Å². The quantitative estimate of drug-likeness (QED) is 0.244. The molecule has 5 rings (SSSR count). The number of carbonyl (C=O) groups is 2. The molecule has 9 unspecified atom stereocenters. The number of alkyl halides is 2. The van der Waals surface area contributed by atoms with Crippen LogP contribution in [-0.2, 0) is 14.3 Å². The predicted molar refractivity (Wildman–Crippen MR) is 152 cm³/mol. The lowest BCUT2D eigenvalue weighted by Gasteiger charge is -2.46. The second-order valence-corrected chi connectivity index (χ2v) is 13.0. The molecule has 7 N–H and O–H groups in total. The summed E-state index contributed by atoms with van der Waals surface area (Å²) in [5.74, 6) is -1.30. The number of nitrogens with one attached hydrogen (secondary N) is 3. The van der Waals surface area contributed by atoms with E-state index in [9.17, 15) is 14.0 Å². The molecule has 4 fully saturated rings. The number of rotatable bonds is 7. The second kappa shape index (κ2) is 12.5. The molecule has 13 heteroatoms. The van der Waals surface area contributed by atoms with Crippen molar-refractivity contribution in [3.63, 3.8) is 0 Å². The van der Waals surface area contributed by atoms with E-state index in [1.54, 1.807) is 4.90 Å². The number of piperazine rings is 1. The van der Waals surface area contributed by atoms with Crippen molar-refractivity contribution in [2.75, 3.05) is 59.0 Å². The predicted octanol–water partition coefficient (Wildman–Crippen LogP) is -0.849. The summed E-state index contributed by atoms with van der Waals surface area (Å²) in [5, 5.41) is 9.33. The average Bonchev–Trinajstić information content (AvgIpc) is 3.52. The van der Waals surface area contributed by atoms with Gasteiger partial charge in [-0.2, -0.15) is 0 Å². The molecule has 11 nitrogen and oxygen atoms in total. The van der Waals surface area contributed by atoms with Crippen LogP contribution in [0.2, 0.25) is 0 Å². The number of morpholine rings is 1. The monoisotopic (exact) mass is 582 g/mol. The summed E-state index contributed by atoms with van der Waals surface area (Å²) in [4.78, 5) is 35.0. The van der Waals surface area contributed by atoms with Crippen LogP contribution < -0.4 is 27.4 Å². The van der Waals surface area contributed by atoms with Gasteiger partial charge in [-0.3, -0.25) is 19.5 Å². The molecule has 41 heavy (non-hydrogen) atoms. The Hall–Kier alpha value is -1.77. The number of carbonyl (C=O) groups excluding carboxylic acids is 2. The van der Waals surface area contributed by atoms with E-state index in [4.69, 9.17) is 16.2 Å². The molecular formula is C28H48F2N8O3. The fourth-order valence-electron chi connectivity index (χ4n) is 7.91. The van der Waals surface area contributed by atoms with Crippen LogP contribution in [0.15, 0.2) is 4.99 Å². The molecule has 0 spiro atoms. The second-order valence-electron chi connectivity index (χ2n) is 13.0. The molecule has 0 bridgehead atoms. The van der Waals surface area contributed by atoms with Crippen molar-refractivity contribution in [2.45, 2.75) is 82.3 Å². The zero-order chi connectivity index (χ0) is 29.4. The molecule has 232 valence electrons. The van der Waals surface area contributed by atoms with Gasteiger partial charge in [0.25, 0.3) is 5.91 Å². The molecule has 4 aliphatic heterocycles. The van der Waals surface area contributed by atoms with E-state index in [1.807, 2.05) is 4.90 Å². The van der Waals surface area contributed by atoms with Gasteiger partial charge in [0.15, 0.2) is 0 Å². The summed E-state index contributed by atoms with van der Waals surface area (Å²) in [6.07, 6.45) is 0.225.